The fourth-order valence-electron chi connectivity index (χ4n) is 3.19. The van der Waals surface area contributed by atoms with Crippen LogP contribution in [0.15, 0.2) is 30.5 Å². The molecule has 2 heterocycles. The third kappa shape index (κ3) is 3.39. The Hall–Kier alpha value is -1.62. The Morgan fingerprint density at radius 3 is 2.64 bits per heavy atom. The van der Waals surface area contributed by atoms with Crippen LogP contribution in [0.3, 0.4) is 0 Å². The van der Waals surface area contributed by atoms with E-state index >= 15 is 0 Å². The van der Waals surface area contributed by atoms with Gasteiger partial charge in [-0.15, -0.1) is 0 Å². The quantitative estimate of drug-likeness (QED) is 0.576. The minimum atomic E-state index is 0.265. The molecule has 4 nitrogen and oxygen atoms in total. The second kappa shape index (κ2) is 7.73. The summed E-state index contributed by atoms with van der Waals surface area (Å²) in [7, 11) is 1.73. The largest absolute Gasteiger partial charge is 0.384 e. The van der Waals surface area contributed by atoms with E-state index in [0.717, 1.165) is 35.4 Å². The molecule has 1 unspecified atom stereocenters. The monoisotopic (exact) mass is 377 g/mol. The van der Waals surface area contributed by atoms with Crippen LogP contribution in [0.2, 0.25) is 10.0 Å². The highest BCUT2D eigenvalue weighted by Crippen LogP contribution is 2.33. The molecule has 0 radical (unpaired) electrons. The molecule has 0 saturated heterocycles. The number of aryl methyl sites for hydroxylation is 1. The van der Waals surface area contributed by atoms with Gasteiger partial charge in [-0.2, -0.15) is 5.10 Å². The molecule has 0 bridgehead atoms. The minimum Gasteiger partial charge on any atom is -0.384 e. The van der Waals surface area contributed by atoms with Gasteiger partial charge in [0, 0.05) is 35.4 Å². The first-order chi connectivity index (χ1) is 12.1. The van der Waals surface area contributed by atoms with Crippen LogP contribution in [0.25, 0.3) is 16.9 Å². The molecule has 0 aliphatic carbocycles. The molecule has 1 aromatic carbocycles. The van der Waals surface area contributed by atoms with Gasteiger partial charge in [0.05, 0.1) is 23.0 Å². The van der Waals surface area contributed by atoms with Gasteiger partial charge >= 0.3 is 0 Å². The van der Waals surface area contributed by atoms with E-state index in [-0.39, 0.29) is 5.92 Å². The van der Waals surface area contributed by atoms with Crippen molar-refractivity contribution in [2.45, 2.75) is 32.6 Å². The predicted octanol–water partition coefficient (Wildman–Crippen LogP) is 5.41. The second-order valence-corrected chi connectivity index (χ2v) is 6.81. The third-order valence-corrected chi connectivity index (χ3v) is 4.99. The Kier molecular flexibility index (Phi) is 5.62. The lowest BCUT2D eigenvalue weighted by atomic mass is 9.96. The van der Waals surface area contributed by atoms with Gasteiger partial charge < -0.3 is 4.74 Å². The topological polar surface area (TPSA) is 39.4 Å². The molecular formula is C19H21Cl2N3O. The number of ether oxygens (including phenoxy) is 1. The van der Waals surface area contributed by atoms with E-state index in [1.807, 2.05) is 22.7 Å². The van der Waals surface area contributed by atoms with Crippen LogP contribution in [0, 0.1) is 0 Å². The average molecular weight is 378 g/mol. The molecule has 0 saturated carbocycles. The molecule has 0 aliphatic heterocycles. The summed E-state index contributed by atoms with van der Waals surface area (Å²) in [6.07, 6.45) is 3.61. The first-order valence-electron chi connectivity index (χ1n) is 8.41. The van der Waals surface area contributed by atoms with Crippen molar-refractivity contribution in [3.63, 3.8) is 0 Å². The number of aromatic nitrogens is 3. The zero-order valence-corrected chi connectivity index (χ0v) is 16.1. The van der Waals surface area contributed by atoms with Crippen LogP contribution in [0.4, 0.5) is 0 Å². The second-order valence-electron chi connectivity index (χ2n) is 5.96. The minimum absolute atomic E-state index is 0.265. The highest BCUT2D eigenvalue weighted by molar-refractivity contribution is 6.36. The molecular weight excluding hydrogens is 357 g/mol. The number of methoxy groups -OCH3 is 1. The van der Waals surface area contributed by atoms with Crippen molar-refractivity contribution < 1.29 is 4.74 Å². The maximum absolute atomic E-state index is 6.42. The Morgan fingerprint density at radius 2 is 2.00 bits per heavy atom. The summed E-state index contributed by atoms with van der Waals surface area (Å²) >= 11 is 12.5. The number of benzene rings is 1. The zero-order chi connectivity index (χ0) is 18.0. The molecule has 0 aliphatic rings. The van der Waals surface area contributed by atoms with Gasteiger partial charge in [-0.05, 0) is 37.1 Å². The third-order valence-electron chi connectivity index (χ3n) is 4.44. The number of fused-ring (bicyclic) bond motifs is 1. The Labute approximate surface area is 157 Å². The van der Waals surface area contributed by atoms with Gasteiger partial charge in [0.15, 0.2) is 5.65 Å². The van der Waals surface area contributed by atoms with E-state index < -0.39 is 0 Å². The first-order valence-corrected chi connectivity index (χ1v) is 9.17. The summed E-state index contributed by atoms with van der Waals surface area (Å²) in [5.41, 5.74) is 4.87. The molecule has 1 atom stereocenters. The lowest BCUT2D eigenvalue weighted by molar-refractivity contribution is 0.177. The maximum Gasteiger partial charge on any atom is 0.159 e. The first kappa shape index (κ1) is 18.2. The van der Waals surface area contributed by atoms with Crippen LogP contribution < -0.4 is 0 Å². The lowest BCUT2D eigenvalue weighted by Crippen LogP contribution is -2.07. The average Bonchev–Trinajstić information content (AvgIpc) is 2.98. The van der Waals surface area contributed by atoms with Crippen molar-refractivity contribution in [2.75, 3.05) is 13.7 Å². The van der Waals surface area contributed by atoms with Crippen molar-refractivity contribution in [3.05, 3.63) is 51.8 Å². The zero-order valence-electron chi connectivity index (χ0n) is 14.6. The number of rotatable bonds is 6. The van der Waals surface area contributed by atoms with E-state index in [4.69, 9.17) is 33.0 Å². The Balaban J connectivity index is 2.25. The predicted molar refractivity (Wildman–Crippen MR) is 103 cm³/mol. The van der Waals surface area contributed by atoms with Crippen LogP contribution >= 0.6 is 23.2 Å². The van der Waals surface area contributed by atoms with Crippen LogP contribution in [0.1, 0.15) is 37.4 Å². The highest BCUT2D eigenvalue weighted by Gasteiger charge is 2.22. The van der Waals surface area contributed by atoms with E-state index in [9.17, 15) is 0 Å². The number of nitrogens with zero attached hydrogens (tertiary/aromatic N) is 3. The molecule has 0 N–H and O–H groups in total. The summed E-state index contributed by atoms with van der Waals surface area (Å²) < 4.78 is 7.30. The summed E-state index contributed by atoms with van der Waals surface area (Å²) in [6.45, 7) is 4.92. The molecule has 132 valence electrons. The number of hydrogen-bond acceptors (Lipinski definition) is 3. The standard InChI is InChI=1S/C19H21Cl2N3O/c1-4-12(11-25-3)18-16(5-2)23-24-17(8-9-22-19(18)24)14-7-6-13(20)10-15(14)21/h6-10,12H,4-5,11H2,1-3H3. The van der Waals surface area contributed by atoms with Gasteiger partial charge in [0.1, 0.15) is 0 Å². The molecule has 6 heteroatoms. The molecule has 3 rings (SSSR count). The Bertz CT molecular complexity index is 892. The van der Waals surface area contributed by atoms with Gasteiger partial charge in [-0.1, -0.05) is 37.0 Å². The fourth-order valence-corrected chi connectivity index (χ4v) is 3.70. The van der Waals surface area contributed by atoms with E-state index in [1.165, 1.54) is 5.56 Å². The normalized spacial score (nSPS) is 12.7. The molecule has 0 spiro atoms. The smallest absolute Gasteiger partial charge is 0.159 e. The molecule has 2 aromatic heterocycles. The van der Waals surface area contributed by atoms with E-state index in [0.29, 0.717) is 16.7 Å². The van der Waals surface area contributed by atoms with Crippen molar-refractivity contribution in [1.29, 1.82) is 0 Å². The van der Waals surface area contributed by atoms with Gasteiger partial charge in [0.2, 0.25) is 0 Å². The maximum atomic E-state index is 6.42. The summed E-state index contributed by atoms with van der Waals surface area (Å²) in [5.74, 6) is 0.265. The molecule has 0 amide bonds. The van der Waals surface area contributed by atoms with Crippen molar-refractivity contribution >= 4 is 28.8 Å². The van der Waals surface area contributed by atoms with Crippen LogP contribution in [0.5, 0.6) is 0 Å². The van der Waals surface area contributed by atoms with Crippen molar-refractivity contribution in [1.82, 2.24) is 14.6 Å². The highest BCUT2D eigenvalue weighted by atomic mass is 35.5. The fraction of sp³-hybridized carbons (Fsp3) is 0.368. The lowest BCUT2D eigenvalue weighted by Gasteiger charge is -2.14. The van der Waals surface area contributed by atoms with Crippen LogP contribution in [-0.2, 0) is 11.2 Å². The van der Waals surface area contributed by atoms with Gasteiger partial charge in [-0.25, -0.2) is 9.50 Å². The number of hydrogen-bond donors (Lipinski definition) is 0. The summed E-state index contributed by atoms with van der Waals surface area (Å²) in [6, 6.07) is 7.42. The molecule has 0 fully saturated rings. The van der Waals surface area contributed by atoms with Gasteiger partial charge in [-0.3, -0.25) is 0 Å². The molecule has 3 aromatic rings. The molecule has 25 heavy (non-hydrogen) atoms. The van der Waals surface area contributed by atoms with E-state index in [1.54, 1.807) is 19.4 Å². The van der Waals surface area contributed by atoms with Crippen molar-refractivity contribution in [3.8, 4) is 11.3 Å². The van der Waals surface area contributed by atoms with Gasteiger partial charge in [0.25, 0.3) is 0 Å². The summed E-state index contributed by atoms with van der Waals surface area (Å²) in [5, 5.41) is 6.04. The number of halogens is 2. The van der Waals surface area contributed by atoms with Crippen molar-refractivity contribution in [2.24, 2.45) is 0 Å². The summed E-state index contributed by atoms with van der Waals surface area (Å²) in [4.78, 5) is 4.61. The SMILES string of the molecule is CCc1nn2c(-c3ccc(Cl)cc3Cl)ccnc2c1C(CC)COC. The van der Waals surface area contributed by atoms with Crippen LogP contribution in [-0.4, -0.2) is 28.3 Å². The Morgan fingerprint density at radius 1 is 1.20 bits per heavy atom. The van der Waals surface area contributed by atoms with E-state index in [2.05, 4.69) is 18.8 Å².